The summed E-state index contributed by atoms with van der Waals surface area (Å²) in [4.78, 5) is 13.3. The first kappa shape index (κ1) is 14.9. The van der Waals surface area contributed by atoms with Crippen LogP contribution in [0.15, 0.2) is 78.9 Å². The molecule has 0 N–H and O–H groups in total. The van der Waals surface area contributed by atoms with Crippen LogP contribution in [0.2, 0.25) is 0 Å². The summed E-state index contributed by atoms with van der Waals surface area (Å²) in [6, 6.07) is 26.1. The average molecular weight is 336 g/mol. The summed E-state index contributed by atoms with van der Waals surface area (Å²) in [6.07, 6.45) is 0. The van der Waals surface area contributed by atoms with E-state index >= 15 is 0 Å². The van der Waals surface area contributed by atoms with Crippen LogP contribution in [0.3, 0.4) is 0 Å². The van der Waals surface area contributed by atoms with Crippen molar-refractivity contribution in [3.63, 3.8) is 0 Å². The molecule has 5 rings (SSSR count). The SMILES string of the molecule is COc1ccccc1C(=O)c1ccc2ccc3cccc4ccc1c2c34. The van der Waals surface area contributed by atoms with Crippen molar-refractivity contribution in [3.05, 3.63) is 90.0 Å². The predicted octanol–water partition coefficient (Wildman–Crippen LogP) is 5.82. The Kier molecular flexibility index (Phi) is 3.19. The summed E-state index contributed by atoms with van der Waals surface area (Å²) in [5.74, 6) is 0.587. The fraction of sp³-hybridized carbons (Fsp3) is 0.0417. The van der Waals surface area contributed by atoms with Crippen molar-refractivity contribution >= 4 is 38.1 Å². The van der Waals surface area contributed by atoms with Crippen LogP contribution in [0, 0.1) is 0 Å². The Morgan fingerprint density at radius 3 is 2.08 bits per heavy atom. The molecule has 0 aliphatic rings. The molecule has 0 spiro atoms. The fourth-order valence-electron chi connectivity index (χ4n) is 3.91. The van der Waals surface area contributed by atoms with E-state index in [9.17, 15) is 4.79 Å². The van der Waals surface area contributed by atoms with Crippen molar-refractivity contribution in [2.24, 2.45) is 0 Å². The second-order valence-electron chi connectivity index (χ2n) is 6.50. The molecular weight excluding hydrogens is 320 g/mol. The van der Waals surface area contributed by atoms with E-state index in [2.05, 4.69) is 42.5 Å². The van der Waals surface area contributed by atoms with E-state index in [1.165, 1.54) is 16.2 Å². The first-order valence-electron chi connectivity index (χ1n) is 8.62. The molecule has 0 aromatic heterocycles. The highest BCUT2D eigenvalue weighted by atomic mass is 16.5. The lowest BCUT2D eigenvalue weighted by molar-refractivity contribution is 0.103. The van der Waals surface area contributed by atoms with Crippen LogP contribution in [-0.2, 0) is 0 Å². The number of ether oxygens (including phenoxy) is 1. The second-order valence-corrected chi connectivity index (χ2v) is 6.50. The molecule has 2 heteroatoms. The molecular formula is C24H16O2. The van der Waals surface area contributed by atoms with Crippen LogP contribution in [0.4, 0.5) is 0 Å². The van der Waals surface area contributed by atoms with Gasteiger partial charge in [-0.25, -0.2) is 0 Å². The van der Waals surface area contributed by atoms with Crippen LogP contribution in [0.25, 0.3) is 32.3 Å². The number of hydrogen-bond acceptors (Lipinski definition) is 2. The van der Waals surface area contributed by atoms with Gasteiger partial charge in [-0.3, -0.25) is 4.79 Å². The molecule has 0 aliphatic heterocycles. The highest BCUT2D eigenvalue weighted by Gasteiger charge is 2.18. The standard InChI is InChI=1S/C24H16O2/c1-26-21-8-3-2-7-20(21)24(25)19-14-12-17-10-9-15-5-4-6-16-11-13-18(19)23(17)22(15)16/h2-14H,1H3. The maximum atomic E-state index is 13.3. The van der Waals surface area contributed by atoms with Crippen molar-refractivity contribution in [1.82, 2.24) is 0 Å². The van der Waals surface area contributed by atoms with E-state index in [0.29, 0.717) is 16.9 Å². The Morgan fingerprint density at radius 2 is 1.31 bits per heavy atom. The first-order chi connectivity index (χ1) is 12.8. The molecule has 2 nitrogen and oxygen atoms in total. The molecule has 124 valence electrons. The Bertz CT molecular complexity index is 1270. The minimum Gasteiger partial charge on any atom is -0.496 e. The smallest absolute Gasteiger partial charge is 0.197 e. The zero-order chi connectivity index (χ0) is 17.7. The Labute approximate surface area is 151 Å². The van der Waals surface area contributed by atoms with Gasteiger partial charge in [0.25, 0.3) is 0 Å². The first-order valence-corrected chi connectivity index (χ1v) is 8.62. The maximum Gasteiger partial charge on any atom is 0.197 e. The lowest BCUT2D eigenvalue weighted by atomic mass is 9.89. The van der Waals surface area contributed by atoms with Crippen LogP contribution >= 0.6 is 0 Å². The number of hydrogen-bond donors (Lipinski definition) is 0. The quantitative estimate of drug-likeness (QED) is 0.306. The van der Waals surface area contributed by atoms with Gasteiger partial charge in [0.05, 0.1) is 12.7 Å². The van der Waals surface area contributed by atoms with Crippen molar-refractivity contribution in [3.8, 4) is 5.75 Å². The van der Waals surface area contributed by atoms with Crippen molar-refractivity contribution < 1.29 is 9.53 Å². The Morgan fingerprint density at radius 1 is 0.654 bits per heavy atom. The molecule has 0 atom stereocenters. The molecule has 0 bridgehead atoms. The summed E-state index contributed by atoms with van der Waals surface area (Å²) in [5.41, 5.74) is 1.30. The number of carbonyl (C=O) groups is 1. The monoisotopic (exact) mass is 336 g/mol. The minimum absolute atomic E-state index is 0.0135. The number of benzene rings is 5. The van der Waals surface area contributed by atoms with Gasteiger partial charge in [-0.2, -0.15) is 0 Å². The lowest BCUT2D eigenvalue weighted by Crippen LogP contribution is -2.05. The van der Waals surface area contributed by atoms with Crippen LogP contribution in [-0.4, -0.2) is 12.9 Å². The summed E-state index contributed by atoms with van der Waals surface area (Å²) in [5, 5.41) is 6.91. The molecule has 5 aromatic rings. The van der Waals surface area contributed by atoms with E-state index in [1.54, 1.807) is 7.11 Å². The molecule has 5 aromatic carbocycles. The van der Waals surface area contributed by atoms with Crippen molar-refractivity contribution in [1.29, 1.82) is 0 Å². The highest BCUT2D eigenvalue weighted by Crippen LogP contribution is 2.37. The van der Waals surface area contributed by atoms with Gasteiger partial charge in [-0.1, -0.05) is 60.7 Å². The minimum atomic E-state index is -0.0135. The second kappa shape index (κ2) is 5.57. The van der Waals surface area contributed by atoms with Gasteiger partial charge in [-0.15, -0.1) is 0 Å². The van der Waals surface area contributed by atoms with E-state index in [4.69, 9.17) is 4.74 Å². The predicted molar refractivity (Wildman–Crippen MR) is 107 cm³/mol. The number of ketones is 1. The Balaban J connectivity index is 1.85. The van der Waals surface area contributed by atoms with Gasteiger partial charge in [0.2, 0.25) is 0 Å². The van der Waals surface area contributed by atoms with E-state index in [-0.39, 0.29) is 5.78 Å². The molecule has 0 saturated heterocycles. The molecule has 0 unspecified atom stereocenters. The lowest BCUT2D eigenvalue weighted by Gasteiger charge is -2.14. The third kappa shape index (κ3) is 2.02. The van der Waals surface area contributed by atoms with Gasteiger partial charge < -0.3 is 4.74 Å². The summed E-state index contributed by atoms with van der Waals surface area (Å²) < 4.78 is 5.39. The number of rotatable bonds is 3. The molecule has 0 amide bonds. The maximum absolute atomic E-state index is 13.3. The van der Waals surface area contributed by atoms with Crippen molar-refractivity contribution in [2.75, 3.05) is 7.11 Å². The Hall–Kier alpha value is -3.39. The fourth-order valence-corrected chi connectivity index (χ4v) is 3.91. The molecule has 26 heavy (non-hydrogen) atoms. The molecule has 0 fully saturated rings. The largest absolute Gasteiger partial charge is 0.496 e. The van der Waals surface area contributed by atoms with Gasteiger partial charge >= 0.3 is 0 Å². The van der Waals surface area contributed by atoms with Gasteiger partial charge in [0, 0.05) is 5.56 Å². The van der Waals surface area contributed by atoms with E-state index < -0.39 is 0 Å². The molecule has 0 saturated carbocycles. The van der Waals surface area contributed by atoms with Gasteiger partial charge in [0.15, 0.2) is 5.78 Å². The highest BCUT2D eigenvalue weighted by molar-refractivity contribution is 6.28. The number of para-hydroxylation sites is 1. The van der Waals surface area contributed by atoms with Crippen LogP contribution < -0.4 is 4.74 Å². The zero-order valence-corrected chi connectivity index (χ0v) is 14.3. The molecule has 0 heterocycles. The number of methoxy groups -OCH3 is 1. The topological polar surface area (TPSA) is 26.3 Å². The van der Waals surface area contributed by atoms with Crippen molar-refractivity contribution in [2.45, 2.75) is 0 Å². The summed E-state index contributed by atoms with van der Waals surface area (Å²) >= 11 is 0. The van der Waals surface area contributed by atoms with E-state index in [1.807, 2.05) is 36.4 Å². The average Bonchev–Trinajstić information content (AvgIpc) is 2.71. The normalized spacial score (nSPS) is 11.4. The summed E-state index contributed by atoms with van der Waals surface area (Å²) in [6.45, 7) is 0. The molecule has 0 radical (unpaired) electrons. The molecule has 0 aliphatic carbocycles. The van der Waals surface area contributed by atoms with Crippen LogP contribution in [0.5, 0.6) is 5.75 Å². The van der Waals surface area contributed by atoms with Gasteiger partial charge in [0.1, 0.15) is 5.75 Å². The third-order valence-corrected chi connectivity index (χ3v) is 5.12. The van der Waals surface area contributed by atoms with E-state index in [0.717, 1.165) is 16.2 Å². The third-order valence-electron chi connectivity index (χ3n) is 5.12. The number of carbonyl (C=O) groups excluding carboxylic acids is 1. The van der Waals surface area contributed by atoms with Crippen LogP contribution in [0.1, 0.15) is 15.9 Å². The van der Waals surface area contributed by atoms with Gasteiger partial charge in [-0.05, 0) is 50.5 Å². The zero-order valence-electron chi connectivity index (χ0n) is 14.3. The summed E-state index contributed by atoms with van der Waals surface area (Å²) in [7, 11) is 1.59.